The van der Waals surface area contributed by atoms with Crippen molar-refractivity contribution in [1.82, 2.24) is 10.6 Å². The molecular formula is C14H27ClN2O. The number of carbonyl (C=O) groups is 1. The third-order valence-corrected chi connectivity index (χ3v) is 4.41. The van der Waals surface area contributed by atoms with Gasteiger partial charge in [-0.3, -0.25) is 4.79 Å². The zero-order chi connectivity index (χ0) is 12.1. The van der Waals surface area contributed by atoms with Crippen LogP contribution in [-0.4, -0.2) is 24.5 Å². The molecule has 2 fully saturated rings. The molecule has 2 N–H and O–H groups in total. The van der Waals surface area contributed by atoms with Gasteiger partial charge in [-0.15, -0.1) is 12.4 Å². The Morgan fingerprint density at radius 1 is 1.22 bits per heavy atom. The second-order valence-electron chi connectivity index (χ2n) is 5.92. The zero-order valence-electron chi connectivity index (χ0n) is 11.5. The van der Waals surface area contributed by atoms with Gasteiger partial charge in [0.25, 0.3) is 0 Å². The molecule has 0 bridgehead atoms. The van der Waals surface area contributed by atoms with Crippen LogP contribution in [0.1, 0.15) is 58.3 Å². The maximum Gasteiger partial charge on any atom is 0.217 e. The molecular weight excluding hydrogens is 248 g/mol. The van der Waals surface area contributed by atoms with Crippen LogP contribution in [0.25, 0.3) is 0 Å². The van der Waals surface area contributed by atoms with Crippen molar-refractivity contribution in [2.75, 3.05) is 13.1 Å². The lowest BCUT2D eigenvalue weighted by atomic mass is 9.75. The van der Waals surface area contributed by atoms with Crippen LogP contribution >= 0.6 is 12.4 Å². The minimum absolute atomic E-state index is 0. The highest BCUT2D eigenvalue weighted by molar-refractivity contribution is 5.85. The fourth-order valence-corrected chi connectivity index (χ4v) is 3.60. The smallest absolute Gasteiger partial charge is 0.217 e. The van der Waals surface area contributed by atoms with E-state index in [1.807, 2.05) is 0 Å². The summed E-state index contributed by atoms with van der Waals surface area (Å²) in [5.41, 5.74) is 0.0963. The molecule has 0 unspecified atom stereocenters. The molecule has 1 aliphatic heterocycles. The van der Waals surface area contributed by atoms with E-state index in [2.05, 4.69) is 10.6 Å². The Labute approximate surface area is 117 Å². The first-order valence-corrected chi connectivity index (χ1v) is 7.20. The van der Waals surface area contributed by atoms with Crippen molar-refractivity contribution in [3.8, 4) is 0 Å². The van der Waals surface area contributed by atoms with Crippen molar-refractivity contribution in [3.05, 3.63) is 0 Å². The molecule has 106 valence electrons. The first-order chi connectivity index (χ1) is 8.20. The summed E-state index contributed by atoms with van der Waals surface area (Å²) in [6.45, 7) is 3.75. The van der Waals surface area contributed by atoms with E-state index in [-0.39, 0.29) is 23.9 Å². The summed E-state index contributed by atoms with van der Waals surface area (Å²) in [5.74, 6) is 0.983. The molecule has 3 nitrogen and oxygen atoms in total. The second-order valence-corrected chi connectivity index (χ2v) is 5.92. The van der Waals surface area contributed by atoms with Gasteiger partial charge in [-0.25, -0.2) is 0 Å². The standard InChI is InChI=1S/C14H26N2O.ClH/c1-12(17)16-14(7-9-15-10-8-14)11-13-5-3-2-4-6-13;/h13,15H,2-11H2,1H3,(H,16,17);1H. The van der Waals surface area contributed by atoms with Crippen LogP contribution in [0.2, 0.25) is 0 Å². The molecule has 4 heteroatoms. The Balaban J connectivity index is 0.00000162. The predicted octanol–water partition coefficient (Wildman–Crippen LogP) is 2.64. The molecule has 0 aromatic rings. The minimum Gasteiger partial charge on any atom is -0.351 e. The molecule has 1 amide bonds. The Hall–Kier alpha value is -0.280. The summed E-state index contributed by atoms with van der Waals surface area (Å²) in [5, 5.41) is 6.66. The van der Waals surface area contributed by atoms with Crippen molar-refractivity contribution >= 4 is 18.3 Å². The number of amides is 1. The average molecular weight is 275 g/mol. The Morgan fingerprint density at radius 2 is 1.83 bits per heavy atom. The van der Waals surface area contributed by atoms with E-state index in [4.69, 9.17) is 0 Å². The molecule has 0 spiro atoms. The van der Waals surface area contributed by atoms with E-state index in [1.165, 1.54) is 38.5 Å². The number of hydrogen-bond acceptors (Lipinski definition) is 2. The molecule has 18 heavy (non-hydrogen) atoms. The SMILES string of the molecule is CC(=O)NC1(CC2CCCCC2)CCNCC1.Cl. The lowest BCUT2D eigenvalue weighted by Crippen LogP contribution is -2.55. The first kappa shape index (κ1) is 15.8. The summed E-state index contributed by atoms with van der Waals surface area (Å²) in [6, 6.07) is 0. The Kier molecular flexibility index (Phi) is 6.44. The van der Waals surface area contributed by atoms with Crippen molar-refractivity contribution in [2.45, 2.75) is 63.8 Å². The van der Waals surface area contributed by atoms with E-state index in [9.17, 15) is 4.79 Å². The van der Waals surface area contributed by atoms with E-state index in [0.717, 1.165) is 31.8 Å². The Morgan fingerprint density at radius 3 is 2.39 bits per heavy atom. The molecule has 0 aromatic carbocycles. The zero-order valence-corrected chi connectivity index (χ0v) is 12.3. The van der Waals surface area contributed by atoms with Gasteiger partial charge in [0, 0.05) is 12.5 Å². The molecule has 1 saturated heterocycles. The van der Waals surface area contributed by atoms with Crippen LogP contribution < -0.4 is 10.6 Å². The molecule has 2 rings (SSSR count). The van der Waals surface area contributed by atoms with E-state index < -0.39 is 0 Å². The number of piperidine rings is 1. The third kappa shape index (κ3) is 4.43. The minimum atomic E-state index is 0. The third-order valence-electron chi connectivity index (χ3n) is 4.41. The highest BCUT2D eigenvalue weighted by atomic mass is 35.5. The van der Waals surface area contributed by atoms with Crippen LogP contribution in [0.5, 0.6) is 0 Å². The lowest BCUT2D eigenvalue weighted by Gasteiger charge is -2.41. The largest absolute Gasteiger partial charge is 0.351 e. The molecule has 0 radical (unpaired) electrons. The summed E-state index contributed by atoms with van der Waals surface area (Å²) in [7, 11) is 0. The number of halogens is 1. The highest BCUT2D eigenvalue weighted by Gasteiger charge is 2.35. The fourth-order valence-electron chi connectivity index (χ4n) is 3.60. The summed E-state index contributed by atoms with van der Waals surface area (Å²) in [4.78, 5) is 11.4. The lowest BCUT2D eigenvalue weighted by molar-refractivity contribution is -0.121. The quantitative estimate of drug-likeness (QED) is 0.831. The van der Waals surface area contributed by atoms with Crippen molar-refractivity contribution in [3.63, 3.8) is 0 Å². The average Bonchev–Trinajstić information content (AvgIpc) is 2.30. The molecule has 1 saturated carbocycles. The second kappa shape index (κ2) is 7.34. The molecule has 0 aromatic heterocycles. The van der Waals surface area contributed by atoms with Crippen LogP contribution in [-0.2, 0) is 4.79 Å². The summed E-state index contributed by atoms with van der Waals surface area (Å²) in [6.07, 6.45) is 10.3. The molecule has 0 atom stereocenters. The Bertz CT molecular complexity index is 259. The van der Waals surface area contributed by atoms with Gasteiger partial charge in [-0.2, -0.15) is 0 Å². The van der Waals surface area contributed by atoms with E-state index >= 15 is 0 Å². The normalized spacial score (nSPS) is 24.1. The molecule has 1 heterocycles. The van der Waals surface area contributed by atoms with Gasteiger partial charge < -0.3 is 10.6 Å². The molecule has 2 aliphatic rings. The summed E-state index contributed by atoms with van der Waals surface area (Å²) >= 11 is 0. The predicted molar refractivity (Wildman–Crippen MR) is 77.1 cm³/mol. The van der Waals surface area contributed by atoms with Gasteiger partial charge in [0.05, 0.1) is 0 Å². The monoisotopic (exact) mass is 274 g/mol. The fraction of sp³-hybridized carbons (Fsp3) is 0.929. The maximum atomic E-state index is 11.4. The molecule has 1 aliphatic carbocycles. The van der Waals surface area contributed by atoms with Crippen molar-refractivity contribution in [2.24, 2.45) is 5.92 Å². The van der Waals surface area contributed by atoms with Crippen LogP contribution in [0.3, 0.4) is 0 Å². The summed E-state index contributed by atoms with van der Waals surface area (Å²) < 4.78 is 0. The number of carbonyl (C=O) groups excluding carboxylic acids is 1. The highest BCUT2D eigenvalue weighted by Crippen LogP contribution is 2.34. The van der Waals surface area contributed by atoms with Gasteiger partial charge in [0.2, 0.25) is 5.91 Å². The van der Waals surface area contributed by atoms with Crippen LogP contribution in [0, 0.1) is 5.92 Å². The number of hydrogen-bond donors (Lipinski definition) is 2. The van der Waals surface area contributed by atoms with E-state index in [0.29, 0.717) is 0 Å². The topological polar surface area (TPSA) is 41.1 Å². The van der Waals surface area contributed by atoms with Gasteiger partial charge in [0.1, 0.15) is 0 Å². The van der Waals surface area contributed by atoms with Crippen LogP contribution in [0.4, 0.5) is 0 Å². The van der Waals surface area contributed by atoms with E-state index in [1.54, 1.807) is 6.92 Å². The van der Waals surface area contributed by atoms with Gasteiger partial charge in [-0.05, 0) is 38.3 Å². The van der Waals surface area contributed by atoms with Crippen molar-refractivity contribution < 1.29 is 4.79 Å². The maximum absolute atomic E-state index is 11.4. The number of nitrogens with one attached hydrogen (secondary N) is 2. The van der Waals surface area contributed by atoms with Gasteiger partial charge in [-0.1, -0.05) is 32.1 Å². The number of rotatable bonds is 3. The van der Waals surface area contributed by atoms with Crippen LogP contribution in [0.15, 0.2) is 0 Å². The van der Waals surface area contributed by atoms with Crippen molar-refractivity contribution in [1.29, 1.82) is 0 Å². The van der Waals surface area contributed by atoms with Gasteiger partial charge >= 0.3 is 0 Å². The first-order valence-electron chi connectivity index (χ1n) is 7.20. The van der Waals surface area contributed by atoms with Gasteiger partial charge in [0.15, 0.2) is 0 Å².